The Morgan fingerprint density at radius 1 is 1.47 bits per heavy atom. The van der Waals surface area contributed by atoms with E-state index < -0.39 is 0 Å². The van der Waals surface area contributed by atoms with Crippen LogP contribution in [0.15, 0.2) is 18.3 Å². The molecule has 0 radical (unpaired) electrons. The van der Waals surface area contributed by atoms with E-state index in [4.69, 9.17) is 5.26 Å². The van der Waals surface area contributed by atoms with Gasteiger partial charge in [0.2, 0.25) is 5.91 Å². The van der Waals surface area contributed by atoms with Crippen molar-refractivity contribution in [3.05, 3.63) is 24.0 Å². The van der Waals surface area contributed by atoms with Gasteiger partial charge in [-0.2, -0.15) is 5.26 Å². The second-order valence-electron chi connectivity index (χ2n) is 5.20. The standard InChI is InChI=1S/C14H16N4O/c15-8-12-13(2-1-6-16-12)18-7-5-10(9-18)14(19)17-11-3-4-11/h1-2,6,10-11H,3-5,7,9H2,(H,17,19). The molecule has 2 aliphatic rings. The monoisotopic (exact) mass is 256 g/mol. The summed E-state index contributed by atoms with van der Waals surface area (Å²) in [5.41, 5.74) is 1.28. The first-order valence-corrected chi connectivity index (χ1v) is 6.68. The van der Waals surface area contributed by atoms with E-state index in [0.717, 1.165) is 31.5 Å². The lowest BCUT2D eigenvalue weighted by molar-refractivity contribution is -0.124. The number of nitriles is 1. The summed E-state index contributed by atoms with van der Waals surface area (Å²) in [6.07, 6.45) is 4.69. The zero-order valence-electron chi connectivity index (χ0n) is 10.7. The lowest BCUT2D eigenvalue weighted by Crippen LogP contribution is -2.34. The number of hydrogen-bond acceptors (Lipinski definition) is 4. The van der Waals surface area contributed by atoms with Gasteiger partial charge >= 0.3 is 0 Å². The number of aromatic nitrogens is 1. The molecular formula is C14H16N4O. The molecule has 19 heavy (non-hydrogen) atoms. The van der Waals surface area contributed by atoms with Crippen molar-refractivity contribution in [2.45, 2.75) is 25.3 Å². The van der Waals surface area contributed by atoms with Crippen LogP contribution in [0.4, 0.5) is 5.69 Å². The lowest BCUT2D eigenvalue weighted by atomic mass is 10.1. The van der Waals surface area contributed by atoms with Crippen LogP contribution in [0.3, 0.4) is 0 Å². The van der Waals surface area contributed by atoms with E-state index in [-0.39, 0.29) is 11.8 Å². The van der Waals surface area contributed by atoms with Gasteiger partial charge in [-0.25, -0.2) is 4.98 Å². The van der Waals surface area contributed by atoms with Gasteiger partial charge in [0.05, 0.1) is 11.6 Å². The van der Waals surface area contributed by atoms with Crippen molar-refractivity contribution in [2.24, 2.45) is 5.92 Å². The fourth-order valence-corrected chi connectivity index (χ4v) is 2.48. The van der Waals surface area contributed by atoms with E-state index in [0.29, 0.717) is 18.3 Å². The molecule has 2 heterocycles. The first-order valence-electron chi connectivity index (χ1n) is 6.68. The molecule has 1 aromatic rings. The summed E-state index contributed by atoms with van der Waals surface area (Å²) in [5, 5.41) is 12.1. The Labute approximate surface area is 112 Å². The number of carbonyl (C=O) groups is 1. The molecule has 1 saturated carbocycles. The molecule has 5 heteroatoms. The van der Waals surface area contributed by atoms with Gasteiger partial charge in [0.25, 0.3) is 0 Å². The van der Waals surface area contributed by atoms with E-state index in [1.807, 2.05) is 12.1 Å². The van der Waals surface area contributed by atoms with Crippen LogP contribution in [-0.4, -0.2) is 30.0 Å². The Morgan fingerprint density at radius 2 is 2.32 bits per heavy atom. The maximum Gasteiger partial charge on any atom is 0.225 e. The zero-order valence-corrected chi connectivity index (χ0v) is 10.7. The van der Waals surface area contributed by atoms with Crippen LogP contribution in [0.25, 0.3) is 0 Å². The number of hydrogen-bond donors (Lipinski definition) is 1. The number of anilines is 1. The molecule has 98 valence electrons. The fraction of sp³-hybridized carbons (Fsp3) is 0.500. The van der Waals surface area contributed by atoms with Gasteiger partial charge in [-0.05, 0) is 31.4 Å². The Hall–Kier alpha value is -2.09. The second kappa shape index (κ2) is 4.88. The number of rotatable bonds is 3. The molecule has 5 nitrogen and oxygen atoms in total. The van der Waals surface area contributed by atoms with E-state index in [9.17, 15) is 4.79 Å². The summed E-state index contributed by atoms with van der Waals surface area (Å²) in [7, 11) is 0. The fourth-order valence-electron chi connectivity index (χ4n) is 2.48. The molecule has 1 aliphatic carbocycles. The predicted octanol–water partition coefficient (Wildman–Crippen LogP) is 1.06. The van der Waals surface area contributed by atoms with E-state index in [1.54, 1.807) is 6.20 Å². The Morgan fingerprint density at radius 3 is 3.05 bits per heavy atom. The summed E-state index contributed by atoms with van der Waals surface area (Å²) < 4.78 is 0. The molecular weight excluding hydrogens is 240 g/mol. The van der Waals surface area contributed by atoms with Crippen LogP contribution < -0.4 is 10.2 Å². The number of nitrogens with one attached hydrogen (secondary N) is 1. The third-order valence-corrected chi connectivity index (χ3v) is 3.72. The number of amides is 1. The minimum absolute atomic E-state index is 0.0346. The highest BCUT2D eigenvalue weighted by Crippen LogP contribution is 2.27. The largest absolute Gasteiger partial charge is 0.368 e. The minimum atomic E-state index is 0.0346. The van der Waals surface area contributed by atoms with Crippen LogP contribution in [0.1, 0.15) is 25.0 Å². The van der Waals surface area contributed by atoms with Crippen molar-refractivity contribution < 1.29 is 4.79 Å². The third-order valence-electron chi connectivity index (χ3n) is 3.72. The summed E-state index contributed by atoms with van der Waals surface area (Å²) in [4.78, 5) is 18.2. The summed E-state index contributed by atoms with van der Waals surface area (Å²) in [5.74, 6) is 0.194. The Balaban J connectivity index is 1.68. The minimum Gasteiger partial charge on any atom is -0.368 e. The highest BCUT2D eigenvalue weighted by atomic mass is 16.2. The quantitative estimate of drug-likeness (QED) is 0.878. The number of carbonyl (C=O) groups excluding carboxylic acids is 1. The average molecular weight is 256 g/mol. The smallest absolute Gasteiger partial charge is 0.225 e. The molecule has 1 aromatic heterocycles. The molecule has 0 aromatic carbocycles. The first kappa shape index (κ1) is 12.0. The van der Waals surface area contributed by atoms with Crippen LogP contribution in [0.2, 0.25) is 0 Å². The van der Waals surface area contributed by atoms with Crippen LogP contribution in [-0.2, 0) is 4.79 Å². The van der Waals surface area contributed by atoms with Crippen molar-refractivity contribution >= 4 is 11.6 Å². The van der Waals surface area contributed by atoms with Gasteiger partial charge in [0.1, 0.15) is 6.07 Å². The van der Waals surface area contributed by atoms with E-state index in [2.05, 4.69) is 21.3 Å². The van der Waals surface area contributed by atoms with Gasteiger partial charge in [-0.15, -0.1) is 0 Å². The summed E-state index contributed by atoms with van der Waals surface area (Å²) in [6.45, 7) is 1.49. The highest BCUT2D eigenvalue weighted by Gasteiger charge is 2.32. The predicted molar refractivity (Wildman–Crippen MR) is 70.4 cm³/mol. The van der Waals surface area contributed by atoms with Crippen molar-refractivity contribution in [3.63, 3.8) is 0 Å². The Bertz CT molecular complexity index is 532. The molecule has 1 unspecified atom stereocenters. The van der Waals surface area contributed by atoms with Gasteiger partial charge < -0.3 is 10.2 Å². The molecule has 1 N–H and O–H groups in total. The highest BCUT2D eigenvalue weighted by molar-refractivity contribution is 5.80. The number of pyridine rings is 1. The normalized spacial score (nSPS) is 22.1. The van der Waals surface area contributed by atoms with Crippen LogP contribution >= 0.6 is 0 Å². The maximum absolute atomic E-state index is 12.0. The van der Waals surface area contributed by atoms with Crippen molar-refractivity contribution in [2.75, 3.05) is 18.0 Å². The van der Waals surface area contributed by atoms with E-state index in [1.165, 1.54) is 0 Å². The van der Waals surface area contributed by atoms with Gasteiger partial charge in [0.15, 0.2) is 5.69 Å². The molecule has 1 aliphatic heterocycles. The molecule has 1 atom stereocenters. The third kappa shape index (κ3) is 2.53. The molecule has 0 bridgehead atoms. The lowest BCUT2D eigenvalue weighted by Gasteiger charge is -2.19. The molecule has 2 fully saturated rings. The molecule has 0 spiro atoms. The SMILES string of the molecule is N#Cc1ncccc1N1CCC(C(=O)NC2CC2)C1. The average Bonchev–Trinajstić information content (AvgIpc) is 3.11. The Kier molecular flexibility index (Phi) is 3.08. The summed E-state index contributed by atoms with van der Waals surface area (Å²) in [6, 6.07) is 6.24. The van der Waals surface area contributed by atoms with Gasteiger partial charge in [0, 0.05) is 25.3 Å². The second-order valence-corrected chi connectivity index (χ2v) is 5.20. The molecule has 3 rings (SSSR count). The van der Waals surface area contributed by atoms with Crippen molar-refractivity contribution in [3.8, 4) is 6.07 Å². The first-order chi connectivity index (χ1) is 9.28. The molecule has 1 saturated heterocycles. The van der Waals surface area contributed by atoms with Gasteiger partial charge in [-0.3, -0.25) is 4.79 Å². The van der Waals surface area contributed by atoms with Crippen molar-refractivity contribution in [1.82, 2.24) is 10.3 Å². The van der Waals surface area contributed by atoms with Crippen LogP contribution in [0.5, 0.6) is 0 Å². The zero-order chi connectivity index (χ0) is 13.2. The number of nitrogens with zero attached hydrogens (tertiary/aromatic N) is 3. The molecule has 1 amide bonds. The topological polar surface area (TPSA) is 69.0 Å². The van der Waals surface area contributed by atoms with E-state index >= 15 is 0 Å². The summed E-state index contributed by atoms with van der Waals surface area (Å²) >= 11 is 0. The maximum atomic E-state index is 12.0. The van der Waals surface area contributed by atoms with Gasteiger partial charge in [-0.1, -0.05) is 0 Å². The van der Waals surface area contributed by atoms with Crippen molar-refractivity contribution in [1.29, 1.82) is 5.26 Å². The van der Waals surface area contributed by atoms with Crippen LogP contribution in [0, 0.1) is 17.2 Å².